The van der Waals surface area contributed by atoms with Gasteiger partial charge in [0.25, 0.3) is 0 Å². The highest BCUT2D eigenvalue weighted by atomic mass is 79.9. The first-order chi connectivity index (χ1) is 37.4. The van der Waals surface area contributed by atoms with Crippen molar-refractivity contribution in [3.63, 3.8) is 0 Å². The Kier molecular flexibility index (Phi) is 20.9. The molecule has 0 atom stereocenters. The van der Waals surface area contributed by atoms with Crippen molar-refractivity contribution in [2.45, 2.75) is 32.6 Å². The lowest BCUT2D eigenvalue weighted by Crippen LogP contribution is -2.04. The number of carbonyl (C=O) groups is 6. The zero-order chi connectivity index (χ0) is 56.0. The van der Waals surface area contributed by atoms with Crippen LogP contribution in [-0.2, 0) is 44.8 Å². The van der Waals surface area contributed by atoms with Gasteiger partial charge in [0.05, 0.1) is 53.1 Å². The Labute approximate surface area is 489 Å². The third-order valence-electron chi connectivity index (χ3n) is 11.7. The van der Waals surface area contributed by atoms with Crippen LogP contribution < -0.4 is 4.74 Å². The van der Waals surface area contributed by atoms with Gasteiger partial charge in [0.1, 0.15) is 5.75 Å². The van der Waals surface area contributed by atoms with E-state index in [1.54, 1.807) is 61.7 Å². The van der Waals surface area contributed by atoms with E-state index in [0.717, 1.165) is 57.0 Å². The Hall–Kier alpha value is -6.82. The summed E-state index contributed by atoms with van der Waals surface area (Å²) in [5, 5.41) is 19.1. The van der Waals surface area contributed by atoms with Gasteiger partial charge in [-0.15, -0.1) is 34.0 Å². The summed E-state index contributed by atoms with van der Waals surface area (Å²) in [5.74, 6) is -1.81. The van der Waals surface area contributed by atoms with E-state index in [1.165, 1.54) is 47.2 Å². The molecule has 0 fully saturated rings. The number of methoxy groups -OCH3 is 2. The third kappa shape index (κ3) is 15.9. The molecule has 0 saturated carbocycles. The average molecular weight is 1270 g/mol. The number of halogens is 4. The summed E-state index contributed by atoms with van der Waals surface area (Å²) in [6.45, 7) is 2.00. The van der Waals surface area contributed by atoms with E-state index >= 15 is 0 Å². The summed E-state index contributed by atoms with van der Waals surface area (Å²) >= 11 is 22.8. The molecule has 0 spiro atoms. The van der Waals surface area contributed by atoms with Crippen LogP contribution in [0, 0.1) is 6.92 Å². The van der Waals surface area contributed by atoms with E-state index in [-0.39, 0.29) is 47.6 Å². The molecule has 3 heterocycles. The molecular formula is C61H46Br2Cl2O10S3. The van der Waals surface area contributed by atoms with Crippen molar-refractivity contribution in [2.24, 2.45) is 0 Å². The molecule has 9 aromatic rings. The largest absolute Gasteiger partial charge is 0.497 e. The van der Waals surface area contributed by atoms with E-state index in [4.69, 9.17) is 32.7 Å². The Morgan fingerprint density at radius 2 is 0.987 bits per heavy atom. The summed E-state index contributed by atoms with van der Waals surface area (Å²) in [6, 6.07) is 49.6. The number of carbonyl (C=O) groups excluding carboxylic acids is 4. The fourth-order valence-corrected chi connectivity index (χ4v) is 12.2. The second-order valence-electron chi connectivity index (χ2n) is 17.3. The lowest BCUT2D eigenvalue weighted by Gasteiger charge is -2.04. The number of carboxylic acids is 2. The van der Waals surface area contributed by atoms with Crippen LogP contribution in [0.2, 0.25) is 10.0 Å². The molecule has 0 aliphatic carbocycles. The molecule has 9 rings (SSSR count). The topological polar surface area (TPSA) is 161 Å². The minimum Gasteiger partial charge on any atom is -0.497 e. The first-order valence-electron chi connectivity index (χ1n) is 23.6. The van der Waals surface area contributed by atoms with Crippen LogP contribution in [0.5, 0.6) is 5.75 Å². The van der Waals surface area contributed by atoms with Crippen LogP contribution in [0.4, 0.5) is 0 Å². The van der Waals surface area contributed by atoms with Gasteiger partial charge in [-0.05, 0) is 143 Å². The van der Waals surface area contributed by atoms with Crippen LogP contribution in [0.1, 0.15) is 68.0 Å². The van der Waals surface area contributed by atoms with Crippen molar-refractivity contribution in [3.8, 4) is 37.1 Å². The molecule has 0 amide bonds. The number of ether oxygens (including phenoxy) is 2. The van der Waals surface area contributed by atoms with E-state index in [1.807, 2.05) is 110 Å². The van der Waals surface area contributed by atoms with E-state index in [9.17, 15) is 39.0 Å². The number of aryl methyl sites for hydroxylation is 1. The zero-order valence-electron chi connectivity index (χ0n) is 41.8. The highest BCUT2D eigenvalue weighted by Gasteiger charge is 2.23. The van der Waals surface area contributed by atoms with E-state index in [2.05, 4.69) is 31.9 Å². The SMILES string of the molecule is COC(=O)Cc1cc(C(=O)c2ccc(Br)cc2)sc1-c1ccccc1.COc1ccc(-c2sc(C(=O)c3ccc(Cl)cc3Cl)cc2CC(=O)O)cc1.Cc1ccc(-c2sc(C(=O)Cc3ccc(Br)cc3)cc2CC(=O)O)cc1. The Morgan fingerprint density at radius 1 is 0.513 bits per heavy atom. The monoisotopic (exact) mass is 1260 g/mol. The fourth-order valence-electron chi connectivity index (χ4n) is 7.79. The van der Waals surface area contributed by atoms with Gasteiger partial charge in [-0.1, -0.05) is 127 Å². The first kappa shape index (κ1) is 58.9. The quantitative estimate of drug-likeness (QED) is 0.0663. The van der Waals surface area contributed by atoms with Gasteiger partial charge in [0, 0.05) is 46.1 Å². The highest BCUT2D eigenvalue weighted by Crippen LogP contribution is 2.38. The first-order valence-corrected chi connectivity index (χ1v) is 28.4. The molecule has 2 N–H and O–H groups in total. The standard InChI is InChI=1S/C21H17BrO3S.C20H15BrO3S.C20H14Cl2O4S/c1-13-2-6-15(7-3-13)21-16(12-20(24)25)11-19(26-21)18(23)10-14-4-8-17(22)9-5-14;1-24-18(22)12-15-11-17(19(23)13-7-9-16(21)10-8-13)25-20(15)14-5-3-2-4-6-14;1-26-14-5-2-11(3-6-14)20-12(9-18(23)24)8-17(27-20)19(25)15-7-4-13(21)10-16(15)22/h2-9,11H,10,12H2,1H3,(H,24,25);2-11H,12H2,1H3;2-8,10H,9H2,1H3,(H,23,24). The van der Waals surface area contributed by atoms with Crippen molar-refractivity contribution in [2.75, 3.05) is 14.2 Å². The van der Waals surface area contributed by atoms with Gasteiger partial charge < -0.3 is 19.7 Å². The molecule has 0 aliphatic rings. The van der Waals surface area contributed by atoms with E-state index < -0.39 is 11.9 Å². The summed E-state index contributed by atoms with van der Waals surface area (Å²) < 4.78 is 11.8. The molecule has 78 heavy (non-hydrogen) atoms. The van der Waals surface area contributed by atoms with Crippen LogP contribution in [0.15, 0.2) is 173 Å². The number of esters is 1. The van der Waals surface area contributed by atoms with Crippen molar-refractivity contribution in [3.05, 3.63) is 236 Å². The zero-order valence-corrected chi connectivity index (χ0v) is 48.9. The van der Waals surface area contributed by atoms with Gasteiger partial charge in [-0.2, -0.15) is 0 Å². The number of hydrogen-bond donors (Lipinski definition) is 2. The molecule has 0 bridgehead atoms. The number of hydrogen-bond acceptors (Lipinski definition) is 11. The van der Waals surface area contributed by atoms with Crippen molar-refractivity contribution >= 4 is 124 Å². The van der Waals surface area contributed by atoms with Gasteiger partial charge in [-0.25, -0.2) is 0 Å². The molecule has 6 aromatic carbocycles. The minimum absolute atomic E-state index is 0.00215. The molecule has 0 aliphatic heterocycles. The predicted molar refractivity (Wildman–Crippen MR) is 319 cm³/mol. The Morgan fingerprint density at radius 3 is 1.50 bits per heavy atom. The normalized spacial score (nSPS) is 10.6. The average Bonchev–Trinajstić information content (AvgIpc) is 4.23. The lowest BCUT2D eigenvalue weighted by atomic mass is 10.0. The number of rotatable bonds is 17. The minimum atomic E-state index is -0.967. The number of carboxylic acid groups (broad SMARTS) is 2. The number of Topliss-reactive ketones (excluding diaryl/α,β-unsaturated/α-hetero) is 1. The highest BCUT2D eigenvalue weighted by molar-refractivity contribution is 9.10. The molecule has 0 saturated heterocycles. The van der Waals surface area contributed by atoms with Gasteiger partial charge >= 0.3 is 17.9 Å². The molecule has 396 valence electrons. The smallest absolute Gasteiger partial charge is 0.310 e. The third-order valence-corrected chi connectivity index (χ3v) is 17.0. The summed E-state index contributed by atoms with van der Waals surface area (Å²) in [6.07, 6.45) is 0.170. The van der Waals surface area contributed by atoms with Crippen LogP contribution in [0.25, 0.3) is 31.3 Å². The predicted octanol–water partition coefficient (Wildman–Crippen LogP) is 16.3. The molecule has 10 nitrogen and oxygen atoms in total. The number of ketones is 3. The molecular weight excluding hydrogens is 1220 g/mol. The summed E-state index contributed by atoms with van der Waals surface area (Å²) in [7, 11) is 2.94. The lowest BCUT2D eigenvalue weighted by molar-refractivity contribution is -0.140. The van der Waals surface area contributed by atoms with Gasteiger partial charge in [0.2, 0.25) is 11.6 Å². The fraction of sp³-hybridized carbons (Fsp3) is 0.115. The molecule has 0 radical (unpaired) electrons. The van der Waals surface area contributed by atoms with E-state index in [0.29, 0.717) is 54.1 Å². The maximum Gasteiger partial charge on any atom is 0.310 e. The summed E-state index contributed by atoms with van der Waals surface area (Å²) in [5.41, 5.74) is 7.83. The van der Waals surface area contributed by atoms with Crippen LogP contribution in [-0.4, -0.2) is 59.7 Å². The second-order valence-corrected chi connectivity index (χ2v) is 23.1. The number of thiophene rings is 3. The van der Waals surface area contributed by atoms with Crippen LogP contribution in [0.3, 0.4) is 0 Å². The van der Waals surface area contributed by atoms with Gasteiger partial charge in [0.15, 0.2) is 5.78 Å². The van der Waals surface area contributed by atoms with Crippen molar-refractivity contribution in [1.29, 1.82) is 0 Å². The van der Waals surface area contributed by atoms with Crippen molar-refractivity contribution < 1.29 is 48.5 Å². The second kappa shape index (κ2) is 27.7. The number of aliphatic carboxylic acids is 2. The Bertz CT molecular complexity index is 3610. The maximum atomic E-state index is 12.9. The molecule has 0 unspecified atom stereocenters. The molecule has 17 heteroatoms. The van der Waals surface area contributed by atoms with Crippen LogP contribution >= 0.6 is 89.1 Å². The number of benzene rings is 6. The van der Waals surface area contributed by atoms with Gasteiger partial charge in [-0.3, -0.25) is 28.8 Å². The maximum absolute atomic E-state index is 12.9. The molecule has 3 aromatic heterocycles. The van der Waals surface area contributed by atoms with Crippen molar-refractivity contribution in [1.82, 2.24) is 0 Å². The summed E-state index contributed by atoms with van der Waals surface area (Å²) in [4.78, 5) is 76.7. The Balaban J connectivity index is 0.000000170.